The highest BCUT2D eigenvalue weighted by Crippen LogP contribution is 2.39. The number of ether oxygens (including phenoxy) is 3. The van der Waals surface area contributed by atoms with Crippen molar-refractivity contribution in [1.82, 2.24) is 9.91 Å². The number of rotatable bonds is 8. The Morgan fingerprint density at radius 3 is 2.60 bits per heavy atom. The number of piperidine rings is 1. The van der Waals surface area contributed by atoms with Crippen LogP contribution in [0.5, 0.6) is 11.5 Å². The predicted molar refractivity (Wildman–Crippen MR) is 133 cm³/mol. The average Bonchev–Trinajstić information content (AvgIpc) is 3.34. The lowest BCUT2D eigenvalue weighted by Gasteiger charge is -2.32. The first-order chi connectivity index (χ1) is 17.0. The summed E-state index contributed by atoms with van der Waals surface area (Å²) in [6.45, 7) is 3.65. The van der Waals surface area contributed by atoms with Crippen LogP contribution in [0.4, 0.5) is 0 Å². The molecule has 2 aliphatic heterocycles. The molecule has 0 bridgehead atoms. The van der Waals surface area contributed by atoms with Gasteiger partial charge in [-0.3, -0.25) is 14.5 Å². The molecule has 2 aliphatic rings. The fourth-order valence-electron chi connectivity index (χ4n) is 4.80. The van der Waals surface area contributed by atoms with Gasteiger partial charge in [0.1, 0.15) is 11.5 Å². The molecule has 35 heavy (non-hydrogen) atoms. The Hall–Kier alpha value is -3.39. The van der Waals surface area contributed by atoms with Crippen molar-refractivity contribution >= 4 is 17.6 Å². The van der Waals surface area contributed by atoms with Gasteiger partial charge in [-0.15, -0.1) is 0 Å². The van der Waals surface area contributed by atoms with E-state index in [1.165, 1.54) is 0 Å². The molecule has 4 rings (SSSR count). The van der Waals surface area contributed by atoms with E-state index in [4.69, 9.17) is 19.3 Å². The number of benzene rings is 2. The fourth-order valence-corrected chi connectivity index (χ4v) is 4.80. The lowest BCUT2D eigenvalue weighted by Crippen LogP contribution is -2.44. The maximum atomic E-state index is 13.6. The maximum absolute atomic E-state index is 13.6. The van der Waals surface area contributed by atoms with Crippen LogP contribution in [0, 0.1) is 5.92 Å². The topological polar surface area (TPSA) is 80.7 Å². The maximum Gasteiger partial charge on any atom is 0.310 e. The molecule has 2 aromatic rings. The van der Waals surface area contributed by atoms with Gasteiger partial charge in [-0.1, -0.05) is 30.3 Å². The van der Waals surface area contributed by atoms with Crippen LogP contribution in [0.2, 0.25) is 0 Å². The van der Waals surface area contributed by atoms with E-state index in [1.807, 2.05) is 60.4 Å². The van der Waals surface area contributed by atoms with Crippen LogP contribution in [0.15, 0.2) is 53.6 Å². The van der Waals surface area contributed by atoms with Gasteiger partial charge in [-0.2, -0.15) is 5.10 Å². The number of carbonyl (C=O) groups is 2. The number of hydrogen-bond acceptors (Lipinski definition) is 7. The van der Waals surface area contributed by atoms with Gasteiger partial charge < -0.3 is 14.2 Å². The van der Waals surface area contributed by atoms with Crippen molar-refractivity contribution < 1.29 is 23.8 Å². The zero-order valence-electron chi connectivity index (χ0n) is 20.6. The van der Waals surface area contributed by atoms with E-state index < -0.39 is 0 Å². The monoisotopic (exact) mass is 479 g/mol. The van der Waals surface area contributed by atoms with E-state index in [-0.39, 0.29) is 30.4 Å². The van der Waals surface area contributed by atoms with Gasteiger partial charge in [-0.05, 0) is 44.0 Å². The number of hydrogen-bond donors (Lipinski definition) is 0. The molecule has 1 fully saturated rings. The van der Waals surface area contributed by atoms with Crippen molar-refractivity contribution in [3.63, 3.8) is 0 Å². The Labute approximate surface area is 206 Å². The fraction of sp³-hybridized carbons (Fsp3) is 0.444. The van der Waals surface area contributed by atoms with E-state index in [9.17, 15) is 9.59 Å². The number of methoxy groups -OCH3 is 2. The number of esters is 1. The molecule has 0 radical (unpaired) electrons. The third-order valence-corrected chi connectivity index (χ3v) is 6.56. The predicted octanol–water partition coefficient (Wildman–Crippen LogP) is 3.66. The van der Waals surface area contributed by atoms with Crippen LogP contribution in [-0.2, 0) is 14.3 Å². The Kier molecular flexibility index (Phi) is 8.02. The minimum absolute atomic E-state index is 0.108. The Balaban J connectivity index is 1.58. The second-order valence-corrected chi connectivity index (χ2v) is 8.81. The Bertz CT molecular complexity index is 1070. The summed E-state index contributed by atoms with van der Waals surface area (Å²) in [4.78, 5) is 27.9. The summed E-state index contributed by atoms with van der Waals surface area (Å²) in [5.41, 5.74) is 2.71. The highest BCUT2D eigenvalue weighted by molar-refractivity contribution is 6.03. The molecule has 0 aromatic heterocycles. The largest absolute Gasteiger partial charge is 0.497 e. The molecule has 1 saturated heterocycles. The van der Waals surface area contributed by atoms with Crippen LogP contribution in [-0.4, -0.2) is 68.0 Å². The van der Waals surface area contributed by atoms with E-state index in [0.29, 0.717) is 31.1 Å². The van der Waals surface area contributed by atoms with Gasteiger partial charge in [0.05, 0.1) is 45.0 Å². The standard InChI is InChI=1S/C27H33N3O5/c1-4-35-27(32)20-11-8-14-29(17-20)18-26(31)30-24(16-23(28-30)19-9-6-5-7-10-19)22-13-12-21(33-2)15-25(22)34-3/h5-7,9-10,12-13,15,20,24H,4,8,11,14,16-18H2,1-3H3. The van der Waals surface area contributed by atoms with Crippen molar-refractivity contribution in [2.75, 3.05) is 40.5 Å². The SMILES string of the molecule is CCOC(=O)C1CCCN(CC(=O)N2N=C(c3ccccc3)CC2c2ccc(OC)cc2OC)C1. The summed E-state index contributed by atoms with van der Waals surface area (Å²) in [7, 11) is 3.22. The summed E-state index contributed by atoms with van der Waals surface area (Å²) in [6.07, 6.45) is 2.21. The zero-order valence-corrected chi connectivity index (χ0v) is 20.6. The molecular weight excluding hydrogens is 446 g/mol. The lowest BCUT2D eigenvalue weighted by atomic mass is 9.97. The quantitative estimate of drug-likeness (QED) is 0.538. The molecular formula is C27H33N3O5. The van der Waals surface area contributed by atoms with Gasteiger partial charge in [0.2, 0.25) is 0 Å². The van der Waals surface area contributed by atoms with Gasteiger partial charge in [0.15, 0.2) is 0 Å². The zero-order chi connectivity index (χ0) is 24.8. The highest BCUT2D eigenvalue weighted by Gasteiger charge is 2.36. The average molecular weight is 480 g/mol. The van der Waals surface area contributed by atoms with Crippen molar-refractivity contribution in [3.8, 4) is 11.5 Å². The van der Waals surface area contributed by atoms with Crippen molar-refractivity contribution in [2.45, 2.75) is 32.2 Å². The summed E-state index contributed by atoms with van der Waals surface area (Å²) in [5.74, 6) is 0.844. The third kappa shape index (κ3) is 5.65. The van der Waals surface area contributed by atoms with E-state index in [0.717, 1.165) is 36.2 Å². The lowest BCUT2D eigenvalue weighted by molar-refractivity contribution is -0.150. The molecule has 0 saturated carbocycles. The Morgan fingerprint density at radius 1 is 1.09 bits per heavy atom. The van der Waals surface area contributed by atoms with Crippen molar-refractivity contribution in [3.05, 3.63) is 59.7 Å². The normalized spacial score (nSPS) is 20.3. The van der Waals surface area contributed by atoms with Crippen LogP contribution < -0.4 is 9.47 Å². The second kappa shape index (κ2) is 11.4. The second-order valence-electron chi connectivity index (χ2n) is 8.81. The third-order valence-electron chi connectivity index (χ3n) is 6.56. The van der Waals surface area contributed by atoms with Gasteiger partial charge in [0.25, 0.3) is 5.91 Å². The molecule has 0 aliphatic carbocycles. The van der Waals surface area contributed by atoms with E-state index in [1.54, 1.807) is 19.2 Å². The van der Waals surface area contributed by atoms with Crippen LogP contribution in [0.25, 0.3) is 0 Å². The number of likely N-dealkylation sites (tertiary alicyclic amines) is 1. The molecule has 2 unspecified atom stereocenters. The minimum atomic E-state index is -0.302. The Morgan fingerprint density at radius 2 is 1.89 bits per heavy atom. The van der Waals surface area contributed by atoms with Gasteiger partial charge in [-0.25, -0.2) is 5.01 Å². The van der Waals surface area contributed by atoms with Crippen LogP contribution >= 0.6 is 0 Å². The molecule has 2 aromatic carbocycles. The molecule has 0 N–H and O–H groups in total. The summed E-state index contributed by atoms with van der Waals surface area (Å²) in [5, 5.41) is 6.36. The van der Waals surface area contributed by atoms with Gasteiger partial charge >= 0.3 is 5.97 Å². The molecule has 0 spiro atoms. The van der Waals surface area contributed by atoms with E-state index >= 15 is 0 Å². The molecule has 1 amide bonds. The molecule has 186 valence electrons. The van der Waals surface area contributed by atoms with E-state index in [2.05, 4.69) is 0 Å². The summed E-state index contributed by atoms with van der Waals surface area (Å²) >= 11 is 0. The van der Waals surface area contributed by atoms with Crippen LogP contribution in [0.3, 0.4) is 0 Å². The van der Waals surface area contributed by atoms with Gasteiger partial charge in [0, 0.05) is 24.6 Å². The molecule has 8 heteroatoms. The number of amides is 1. The smallest absolute Gasteiger partial charge is 0.310 e. The number of hydrazone groups is 1. The first-order valence-electron chi connectivity index (χ1n) is 12.1. The van der Waals surface area contributed by atoms with Crippen LogP contribution in [0.1, 0.15) is 43.4 Å². The van der Waals surface area contributed by atoms with Crippen molar-refractivity contribution in [2.24, 2.45) is 11.0 Å². The minimum Gasteiger partial charge on any atom is -0.497 e. The number of nitrogens with zero attached hydrogens (tertiary/aromatic N) is 3. The summed E-state index contributed by atoms with van der Waals surface area (Å²) in [6, 6.07) is 15.2. The molecule has 2 atom stereocenters. The van der Waals surface area contributed by atoms with Crippen molar-refractivity contribution in [1.29, 1.82) is 0 Å². The molecule has 2 heterocycles. The first kappa shape index (κ1) is 24.7. The molecule has 8 nitrogen and oxygen atoms in total. The first-order valence-corrected chi connectivity index (χ1v) is 12.1. The summed E-state index contributed by atoms with van der Waals surface area (Å²) < 4.78 is 16.2. The highest BCUT2D eigenvalue weighted by atomic mass is 16.5. The number of carbonyl (C=O) groups excluding carboxylic acids is 2.